The van der Waals surface area contributed by atoms with E-state index in [9.17, 15) is 0 Å². The van der Waals surface area contributed by atoms with Crippen LogP contribution in [0, 0.1) is 0 Å². The first-order chi connectivity index (χ1) is 5.33. The zero-order chi connectivity index (χ0) is 8.27. The van der Waals surface area contributed by atoms with Crippen molar-refractivity contribution in [2.75, 3.05) is 0 Å². The summed E-state index contributed by atoms with van der Waals surface area (Å²) < 4.78 is 3.99. The third-order valence-corrected chi connectivity index (χ3v) is 1.90. The Hall–Kier alpha value is -0.830. The van der Waals surface area contributed by atoms with E-state index < -0.39 is 0 Å². The standard InChI is InChI=1S/C8H15N2O/c1-3-8-9(4-2)5-6-10(8)7-11/h5-6,11H,3-4,7H2,1-2H3/q+1. The van der Waals surface area contributed by atoms with Gasteiger partial charge in [-0.3, -0.25) is 0 Å². The Kier molecular flexibility index (Phi) is 2.65. The molecule has 0 aliphatic heterocycles. The van der Waals surface area contributed by atoms with Gasteiger partial charge in [-0.1, -0.05) is 6.92 Å². The van der Waals surface area contributed by atoms with Crippen LogP contribution >= 0.6 is 0 Å². The molecule has 0 bridgehead atoms. The maximum atomic E-state index is 8.91. The summed E-state index contributed by atoms with van der Waals surface area (Å²) in [6.07, 6.45) is 4.86. The zero-order valence-corrected chi connectivity index (χ0v) is 7.12. The van der Waals surface area contributed by atoms with E-state index in [1.807, 2.05) is 17.0 Å². The molecule has 1 rings (SSSR count). The minimum absolute atomic E-state index is 0.0795. The van der Waals surface area contributed by atoms with Gasteiger partial charge in [0, 0.05) is 6.42 Å². The van der Waals surface area contributed by atoms with Crippen LogP contribution in [0.1, 0.15) is 19.7 Å². The van der Waals surface area contributed by atoms with Crippen LogP contribution < -0.4 is 4.57 Å². The van der Waals surface area contributed by atoms with Crippen LogP contribution in [0.25, 0.3) is 0 Å². The highest BCUT2D eigenvalue weighted by molar-refractivity contribution is 4.81. The van der Waals surface area contributed by atoms with Crippen LogP contribution in [0.2, 0.25) is 0 Å². The summed E-state index contributed by atoms with van der Waals surface area (Å²) in [4.78, 5) is 0. The Balaban J connectivity index is 2.99. The SMILES string of the molecule is CCc1n(CC)cc[n+]1CO. The Bertz CT molecular complexity index is 208. The number of rotatable bonds is 3. The lowest BCUT2D eigenvalue weighted by molar-refractivity contribution is -0.736. The summed E-state index contributed by atoms with van der Waals surface area (Å²) in [5.41, 5.74) is 0. The van der Waals surface area contributed by atoms with E-state index in [1.54, 1.807) is 0 Å². The molecule has 0 aliphatic carbocycles. The van der Waals surface area contributed by atoms with Gasteiger partial charge in [-0.2, -0.15) is 0 Å². The molecule has 3 nitrogen and oxygen atoms in total. The van der Waals surface area contributed by atoms with Crippen molar-refractivity contribution in [1.82, 2.24) is 4.57 Å². The third kappa shape index (κ3) is 1.43. The highest BCUT2D eigenvalue weighted by Gasteiger charge is 2.11. The molecule has 3 heteroatoms. The average Bonchev–Trinajstić information content (AvgIpc) is 2.45. The second-order valence-electron chi connectivity index (χ2n) is 2.47. The minimum Gasteiger partial charge on any atom is -0.358 e. The number of aryl methyl sites for hydroxylation is 1. The van der Waals surface area contributed by atoms with Gasteiger partial charge in [0.2, 0.25) is 0 Å². The number of hydrogen-bond acceptors (Lipinski definition) is 1. The average molecular weight is 155 g/mol. The first-order valence-corrected chi connectivity index (χ1v) is 4.01. The molecule has 0 saturated carbocycles. The van der Waals surface area contributed by atoms with E-state index in [-0.39, 0.29) is 6.73 Å². The molecule has 0 spiro atoms. The van der Waals surface area contributed by atoms with Crippen LogP contribution in [0.3, 0.4) is 0 Å². The predicted molar refractivity (Wildman–Crippen MR) is 41.9 cm³/mol. The lowest BCUT2D eigenvalue weighted by Crippen LogP contribution is -2.36. The molecule has 0 aromatic carbocycles. The molecule has 1 aromatic heterocycles. The Morgan fingerprint density at radius 2 is 2.27 bits per heavy atom. The van der Waals surface area contributed by atoms with E-state index in [4.69, 9.17) is 5.11 Å². The van der Waals surface area contributed by atoms with Gasteiger partial charge >= 0.3 is 0 Å². The van der Waals surface area contributed by atoms with Gasteiger partial charge in [0.1, 0.15) is 12.4 Å². The van der Waals surface area contributed by atoms with Crippen molar-refractivity contribution >= 4 is 0 Å². The summed E-state index contributed by atoms with van der Waals surface area (Å²) in [7, 11) is 0. The van der Waals surface area contributed by atoms with Crippen molar-refractivity contribution in [3.8, 4) is 0 Å². The number of hydrogen-bond donors (Lipinski definition) is 1. The van der Waals surface area contributed by atoms with Crippen molar-refractivity contribution in [2.24, 2.45) is 0 Å². The number of aliphatic hydroxyl groups excluding tert-OH is 1. The maximum absolute atomic E-state index is 8.91. The van der Waals surface area contributed by atoms with E-state index in [0.29, 0.717) is 0 Å². The molecule has 1 aromatic rings. The van der Waals surface area contributed by atoms with Gasteiger partial charge in [0.15, 0.2) is 6.73 Å². The molecule has 62 valence electrons. The number of nitrogens with zero attached hydrogens (tertiary/aromatic N) is 2. The molecule has 11 heavy (non-hydrogen) atoms. The minimum atomic E-state index is 0.0795. The first-order valence-electron chi connectivity index (χ1n) is 4.01. The first kappa shape index (κ1) is 8.27. The van der Waals surface area contributed by atoms with Gasteiger partial charge in [0.25, 0.3) is 5.82 Å². The molecule has 0 fully saturated rings. The van der Waals surface area contributed by atoms with Crippen molar-refractivity contribution in [3.63, 3.8) is 0 Å². The van der Waals surface area contributed by atoms with Crippen molar-refractivity contribution in [2.45, 2.75) is 33.5 Å². The molecule has 0 aliphatic rings. The van der Waals surface area contributed by atoms with Gasteiger partial charge in [0.05, 0.1) is 6.54 Å². The Morgan fingerprint density at radius 3 is 2.73 bits per heavy atom. The quantitative estimate of drug-likeness (QED) is 0.625. The van der Waals surface area contributed by atoms with E-state index in [1.165, 1.54) is 5.82 Å². The Labute approximate surface area is 66.9 Å². The highest BCUT2D eigenvalue weighted by Crippen LogP contribution is 1.95. The Morgan fingerprint density at radius 1 is 1.55 bits per heavy atom. The number of aliphatic hydroxyl groups is 1. The molecular weight excluding hydrogens is 140 g/mol. The normalized spacial score (nSPS) is 10.5. The fourth-order valence-electron chi connectivity index (χ4n) is 1.32. The van der Waals surface area contributed by atoms with Crippen molar-refractivity contribution in [3.05, 3.63) is 18.2 Å². The molecular formula is C8H15N2O+. The van der Waals surface area contributed by atoms with Crippen LogP contribution in [-0.4, -0.2) is 9.67 Å². The highest BCUT2D eigenvalue weighted by atomic mass is 16.3. The monoisotopic (exact) mass is 155 g/mol. The third-order valence-electron chi connectivity index (χ3n) is 1.90. The fourth-order valence-corrected chi connectivity index (χ4v) is 1.32. The summed E-state index contributed by atoms with van der Waals surface area (Å²) in [6.45, 7) is 5.24. The smallest absolute Gasteiger partial charge is 0.258 e. The van der Waals surface area contributed by atoms with Crippen molar-refractivity contribution < 1.29 is 9.67 Å². The molecule has 0 radical (unpaired) electrons. The van der Waals surface area contributed by atoms with Gasteiger partial charge in [-0.25, -0.2) is 9.13 Å². The molecule has 0 unspecified atom stereocenters. The van der Waals surface area contributed by atoms with E-state index in [2.05, 4.69) is 18.4 Å². The molecule has 0 atom stereocenters. The summed E-state index contributed by atoms with van der Waals surface area (Å²) in [6, 6.07) is 0. The van der Waals surface area contributed by atoms with E-state index in [0.717, 1.165) is 13.0 Å². The molecule has 0 amide bonds. The topological polar surface area (TPSA) is 29.0 Å². The lowest BCUT2D eigenvalue weighted by Gasteiger charge is -1.96. The summed E-state index contributed by atoms with van der Waals surface area (Å²) in [5.74, 6) is 1.18. The predicted octanol–water partition coefficient (Wildman–Crippen LogP) is 0.308. The number of imidazole rings is 1. The van der Waals surface area contributed by atoms with E-state index >= 15 is 0 Å². The van der Waals surface area contributed by atoms with Crippen LogP contribution in [0.15, 0.2) is 12.4 Å². The molecule has 1 heterocycles. The fraction of sp³-hybridized carbons (Fsp3) is 0.625. The largest absolute Gasteiger partial charge is 0.358 e. The van der Waals surface area contributed by atoms with Crippen molar-refractivity contribution in [1.29, 1.82) is 0 Å². The number of aromatic nitrogens is 2. The van der Waals surface area contributed by atoms with Gasteiger partial charge in [-0.05, 0) is 6.92 Å². The zero-order valence-electron chi connectivity index (χ0n) is 7.12. The molecule has 1 N–H and O–H groups in total. The van der Waals surface area contributed by atoms with Gasteiger partial charge < -0.3 is 5.11 Å². The lowest BCUT2D eigenvalue weighted by atomic mass is 10.4. The molecule has 0 saturated heterocycles. The summed E-state index contributed by atoms with van der Waals surface area (Å²) in [5, 5.41) is 8.91. The van der Waals surface area contributed by atoms with Crippen LogP contribution in [0.5, 0.6) is 0 Å². The second kappa shape index (κ2) is 3.53. The summed E-state index contributed by atoms with van der Waals surface area (Å²) >= 11 is 0. The maximum Gasteiger partial charge on any atom is 0.258 e. The van der Waals surface area contributed by atoms with Crippen LogP contribution in [-0.2, 0) is 19.7 Å². The van der Waals surface area contributed by atoms with Crippen LogP contribution in [0.4, 0.5) is 0 Å². The second-order valence-corrected chi connectivity index (χ2v) is 2.47. The van der Waals surface area contributed by atoms with Gasteiger partial charge in [-0.15, -0.1) is 0 Å².